The van der Waals surface area contributed by atoms with Gasteiger partial charge >= 0.3 is 6.18 Å². The van der Waals surface area contributed by atoms with Crippen LogP contribution in [0, 0.1) is 0 Å². The number of hydrogen-bond donors (Lipinski definition) is 2. The van der Waals surface area contributed by atoms with Crippen molar-refractivity contribution in [2.75, 3.05) is 11.9 Å². The number of benzene rings is 3. The smallest absolute Gasteiger partial charge is 0.418 e. The Morgan fingerprint density at radius 2 is 1.55 bits per heavy atom. The molecule has 2 amide bonds. The maximum absolute atomic E-state index is 13.1. The molecule has 0 radical (unpaired) electrons. The summed E-state index contributed by atoms with van der Waals surface area (Å²) >= 11 is 0. The Balaban J connectivity index is 1.53. The molecule has 8 heteroatoms. The van der Waals surface area contributed by atoms with E-state index in [9.17, 15) is 22.8 Å². The van der Waals surface area contributed by atoms with Crippen LogP contribution in [0.3, 0.4) is 0 Å². The third-order valence-electron chi connectivity index (χ3n) is 4.83. The van der Waals surface area contributed by atoms with Gasteiger partial charge in [-0.3, -0.25) is 9.59 Å². The van der Waals surface area contributed by atoms with Crippen LogP contribution in [0.15, 0.2) is 78.9 Å². The summed E-state index contributed by atoms with van der Waals surface area (Å²) < 4.78 is 44.8. The zero-order chi connectivity index (χ0) is 23.8. The van der Waals surface area contributed by atoms with Crippen LogP contribution in [0.4, 0.5) is 18.9 Å². The molecule has 0 heterocycles. The van der Waals surface area contributed by atoms with Gasteiger partial charge in [-0.25, -0.2) is 0 Å². The van der Waals surface area contributed by atoms with Crippen molar-refractivity contribution in [3.8, 4) is 5.75 Å². The lowest BCUT2D eigenvalue weighted by molar-refractivity contribution is -0.137. The van der Waals surface area contributed by atoms with E-state index < -0.39 is 23.8 Å². The van der Waals surface area contributed by atoms with Gasteiger partial charge in [0.2, 0.25) is 0 Å². The monoisotopic (exact) mass is 456 g/mol. The lowest BCUT2D eigenvalue weighted by Crippen LogP contribution is -2.31. The van der Waals surface area contributed by atoms with Crippen LogP contribution in [-0.4, -0.2) is 24.5 Å². The van der Waals surface area contributed by atoms with Gasteiger partial charge in [0.05, 0.1) is 11.3 Å². The van der Waals surface area contributed by atoms with E-state index in [2.05, 4.69) is 10.6 Å². The van der Waals surface area contributed by atoms with Crippen molar-refractivity contribution < 1.29 is 27.5 Å². The number of rotatable bonds is 8. The van der Waals surface area contributed by atoms with Gasteiger partial charge < -0.3 is 15.4 Å². The van der Waals surface area contributed by atoms with Gasteiger partial charge in [0.25, 0.3) is 11.8 Å². The maximum Gasteiger partial charge on any atom is 0.418 e. The van der Waals surface area contributed by atoms with Gasteiger partial charge in [-0.1, -0.05) is 42.5 Å². The topological polar surface area (TPSA) is 67.4 Å². The van der Waals surface area contributed by atoms with Crippen LogP contribution in [0.5, 0.6) is 5.75 Å². The van der Waals surface area contributed by atoms with Crippen LogP contribution in [0.1, 0.15) is 28.4 Å². The fourth-order valence-electron chi connectivity index (χ4n) is 3.08. The molecule has 1 atom stereocenters. The normalized spacial score (nSPS) is 12.0. The third-order valence-corrected chi connectivity index (χ3v) is 4.83. The molecule has 3 aromatic rings. The van der Waals surface area contributed by atoms with E-state index in [-0.39, 0.29) is 11.6 Å². The largest absolute Gasteiger partial charge is 0.481 e. The molecule has 3 rings (SSSR count). The maximum atomic E-state index is 13.1. The van der Waals surface area contributed by atoms with E-state index in [0.717, 1.165) is 11.6 Å². The molecular formula is C25H23F3N2O3. The summed E-state index contributed by atoms with van der Waals surface area (Å²) in [6.45, 7) is 1.91. The van der Waals surface area contributed by atoms with Crippen molar-refractivity contribution in [2.24, 2.45) is 0 Å². The molecule has 0 saturated carbocycles. The summed E-state index contributed by atoms with van der Waals surface area (Å²) in [4.78, 5) is 24.6. The number of alkyl halides is 3. The standard InChI is InChI=1S/C25H23F3N2O3/c1-17(23(31)30-22-10-6-5-9-21(22)25(26,27)28)33-20-13-11-19(12-14-20)24(32)29-16-15-18-7-3-2-4-8-18/h2-14,17H,15-16H2,1H3,(H,29,32)(H,30,31)/t17-/m1/s1. The summed E-state index contributed by atoms with van der Waals surface area (Å²) in [6, 6.07) is 20.7. The molecule has 0 aliphatic heterocycles. The molecule has 0 fully saturated rings. The Hall–Kier alpha value is -3.81. The fourth-order valence-corrected chi connectivity index (χ4v) is 3.08. The average molecular weight is 456 g/mol. The fraction of sp³-hybridized carbons (Fsp3) is 0.200. The minimum Gasteiger partial charge on any atom is -0.481 e. The van der Waals surface area contributed by atoms with Crippen molar-refractivity contribution in [2.45, 2.75) is 25.6 Å². The van der Waals surface area contributed by atoms with Gasteiger partial charge in [-0.05, 0) is 55.3 Å². The van der Waals surface area contributed by atoms with Crippen molar-refractivity contribution in [3.63, 3.8) is 0 Å². The summed E-state index contributed by atoms with van der Waals surface area (Å²) in [6.07, 6.45) is -4.94. The van der Waals surface area contributed by atoms with E-state index in [4.69, 9.17) is 4.74 Å². The van der Waals surface area contributed by atoms with Gasteiger partial charge in [0.15, 0.2) is 6.10 Å². The zero-order valence-electron chi connectivity index (χ0n) is 17.9. The molecule has 0 unspecified atom stereocenters. The average Bonchev–Trinajstić information content (AvgIpc) is 2.80. The Bertz CT molecular complexity index is 1080. The third kappa shape index (κ3) is 6.83. The summed E-state index contributed by atoms with van der Waals surface area (Å²) in [5, 5.41) is 5.09. The van der Waals surface area contributed by atoms with Crippen LogP contribution < -0.4 is 15.4 Å². The second kappa shape index (κ2) is 10.7. The van der Waals surface area contributed by atoms with E-state index in [1.54, 1.807) is 12.1 Å². The lowest BCUT2D eigenvalue weighted by atomic mass is 10.1. The number of amides is 2. The second-order valence-corrected chi connectivity index (χ2v) is 7.31. The summed E-state index contributed by atoms with van der Waals surface area (Å²) in [5.74, 6) is -0.663. The Morgan fingerprint density at radius 3 is 2.21 bits per heavy atom. The van der Waals surface area contributed by atoms with Crippen molar-refractivity contribution in [1.29, 1.82) is 0 Å². The molecule has 3 aromatic carbocycles. The summed E-state index contributed by atoms with van der Waals surface area (Å²) in [7, 11) is 0. The van der Waals surface area contributed by atoms with Gasteiger partial charge in [-0.15, -0.1) is 0 Å². The minimum atomic E-state index is -4.59. The SMILES string of the molecule is C[C@@H](Oc1ccc(C(=O)NCCc2ccccc2)cc1)C(=O)Nc1ccccc1C(F)(F)F. The first kappa shape index (κ1) is 23.8. The zero-order valence-corrected chi connectivity index (χ0v) is 17.9. The number of halogens is 3. The van der Waals surface area contributed by atoms with Crippen LogP contribution >= 0.6 is 0 Å². The molecule has 0 aromatic heterocycles. The highest BCUT2D eigenvalue weighted by molar-refractivity contribution is 5.95. The molecule has 33 heavy (non-hydrogen) atoms. The van der Waals surface area contributed by atoms with Crippen molar-refractivity contribution >= 4 is 17.5 Å². The second-order valence-electron chi connectivity index (χ2n) is 7.31. The van der Waals surface area contributed by atoms with Crippen LogP contribution in [0.2, 0.25) is 0 Å². The van der Waals surface area contributed by atoms with Gasteiger partial charge in [0, 0.05) is 12.1 Å². The van der Waals surface area contributed by atoms with E-state index in [0.29, 0.717) is 24.3 Å². The number of hydrogen-bond acceptors (Lipinski definition) is 3. The Labute approximate surface area is 189 Å². The number of anilines is 1. The van der Waals surface area contributed by atoms with Crippen molar-refractivity contribution in [1.82, 2.24) is 5.32 Å². The minimum absolute atomic E-state index is 0.243. The van der Waals surface area contributed by atoms with Crippen LogP contribution in [0.25, 0.3) is 0 Å². The molecule has 0 bridgehead atoms. The number of carbonyl (C=O) groups excluding carboxylic acids is 2. The highest BCUT2D eigenvalue weighted by Crippen LogP contribution is 2.34. The quantitative estimate of drug-likeness (QED) is 0.497. The number of nitrogens with one attached hydrogen (secondary N) is 2. The Morgan fingerprint density at radius 1 is 0.909 bits per heavy atom. The highest BCUT2D eigenvalue weighted by atomic mass is 19.4. The molecule has 5 nitrogen and oxygen atoms in total. The number of ether oxygens (including phenoxy) is 1. The first-order valence-electron chi connectivity index (χ1n) is 10.3. The molecule has 2 N–H and O–H groups in total. The number of carbonyl (C=O) groups is 2. The molecule has 0 aliphatic carbocycles. The lowest BCUT2D eigenvalue weighted by Gasteiger charge is -2.17. The highest BCUT2D eigenvalue weighted by Gasteiger charge is 2.34. The van der Waals surface area contributed by atoms with E-state index in [1.165, 1.54) is 37.3 Å². The first-order valence-corrected chi connectivity index (χ1v) is 10.3. The molecular weight excluding hydrogens is 433 g/mol. The predicted molar refractivity (Wildman–Crippen MR) is 119 cm³/mol. The first-order chi connectivity index (χ1) is 15.7. The van der Waals surface area contributed by atoms with Gasteiger partial charge in [0.1, 0.15) is 5.75 Å². The Kier molecular flexibility index (Phi) is 7.71. The predicted octanol–water partition coefficient (Wildman–Crippen LogP) is 5.08. The van der Waals surface area contributed by atoms with Crippen LogP contribution in [-0.2, 0) is 17.4 Å². The van der Waals surface area contributed by atoms with E-state index >= 15 is 0 Å². The van der Waals surface area contributed by atoms with E-state index in [1.807, 2.05) is 30.3 Å². The van der Waals surface area contributed by atoms with Gasteiger partial charge in [-0.2, -0.15) is 13.2 Å². The summed E-state index contributed by atoms with van der Waals surface area (Å²) in [5.41, 5.74) is 0.263. The van der Waals surface area contributed by atoms with Crippen molar-refractivity contribution in [3.05, 3.63) is 95.6 Å². The molecule has 0 saturated heterocycles. The molecule has 0 aliphatic rings. The number of para-hydroxylation sites is 1. The molecule has 0 spiro atoms. The molecule has 172 valence electrons.